The second kappa shape index (κ2) is 8.23. The van der Waals surface area contributed by atoms with Crippen LogP contribution < -0.4 is 10.9 Å². The van der Waals surface area contributed by atoms with Gasteiger partial charge in [-0.2, -0.15) is 0 Å². The van der Waals surface area contributed by atoms with Crippen LogP contribution in [-0.4, -0.2) is 24.4 Å². The topological polar surface area (TPSA) is 84.5 Å². The third-order valence-electron chi connectivity index (χ3n) is 2.53. The van der Waals surface area contributed by atoms with Gasteiger partial charge in [0.05, 0.1) is 3.79 Å². The summed E-state index contributed by atoms with van der Waals surface area (Å²) in [5, 5.41) is 0. The number of esters is 1. The number of benzene rings is 1. The van der Waals surface area contributed by atoms with E-state index in [4.69, 9.17) is 4.74 Å². The Morgan fingerprint density at radius 3 is 2.39 bits per heavy atom. The van der Waals surface area contributed by atoms with Gasteiger partial charge in [-0.3, -0.25) is 20.4 Å². The van der Waals surface area contributed by atoms with Crippen LogP contribution in [0.5, 0.6) is 0 Å². The van der Waals surface area contributed by atoms with Crippen LogP contribution in [0.1, 0.15) is 20.0 Å². The number of amides is 2. The summed E-state index contributed by atoms with van der Waals surface area (Å²) < 4.78 is 6.35. The molecule has 2 aromatic rings. The molecule has 0 aliphatic carbocycles. The second-order valence-electron chi connectivity index (χ2n) is 4.18. The van der Waals surface area contributed by atoms with E-state index in [0.29, 0.717) is 10.4 Å². The summed E-state index contributed by atoms with van der Waals surface area (Å²) in [5.74, 6) is -1.72. The third kappa shape index (κ3) is 5.15. The molecule has 1 aromatic carbocycles. The van der Waals surface area contributed by atoms with E-state index in [1.807, 2.05) is 0 Å². The minimum Gasteiger partial charge on any atom is -0.451 e. The molecule has 0 saturated heterocycles. The number of rotatable bonds is 4. The molecule has 0 spiro atoms. The first-order chi connectivity index (χ1) is 11.0. The highest BCUT2D eigenvalue weighted by molar-refractivity contribution is 9.13. The Morgan fingerprint density at radius 1 is 1.09 bits per heavy atom. The van der Waals surface area contributed by atoms with E-state index in [0.717, 1.165) is 8.26 Å². The van der Waals surface area contributed by atoms with Crippen LogP contribution in [0.15, 0.2) is 44.7 Å². The smallest absolute Gasteiger partial charge is 0.348 e. The van der Waals surface area contributed by atoms with E-state index in [2.05, 4.69) is 42.7 Å². The molecule has 23 heavy (non-hydrogen) atoms. The number of carbonyl (C=O) groups is 3. The van der Waals surface area contributed by atoms with Crippen LogP contribution in [0.4, 0.5) is 0 Å². The number of nitrogens with one attached hydrogen (secondary N) is 2. The number of ether oxygens (including phenoxy) is 1. The Balaban J connectivity index is 1.77. The van der Waals surface area contributed by atoms with E-state index in [1.54, 1.807) is 36.4 Å². The molecule has 1 aromatic heterocycles. The van der Waals surface area contributed by atoms with Gasteiger partial charge in [0.25, 0.3) is 11.8 Å². The Kier molecular flexibility index (Phi) is 6.31. The lowest BCUT2D eigenvalue weighted by Gasteiger charge is -2.07. The van der Waals surface area contributed by atoms with Crippen LogP contribution in [0.3, 0.4) is 0 Å². The number of hydrogen-bond acceptors (Lipinski definition) is 5. The van der Waals surface area contributed by atoms with Crippen molar-refractivity contribution in [1.29, 1.82) is 0 Å². The fourth-order valence-corrected chi connectivity index (χ4v) is 3.40. The predicted molar refractivity (Wildman–Crippen MR) is 92.1 cm³/mol. The van der Waals surface area contributed by atoms with Crippen molar-refractivity contribution in [1.82, 2.24) is 10.9 Å². The molecule has 6 nitrogen and oxygen atoms in total. The molecule has 9 heteroatoms. The molecule has 0 bridgehead atoms. The minimum absolute atomic E-state index is 0.352. The van der Waals surface area contributed by atoms with Gasteiger partial charge in [0.2, 0.25) is 0 Å². The second-order valence-corrected chi connectivity index (χ2v) is 7.40. The van der Waals surface area contributed by atoms with Crippen molar-refractivity contribution in [2.24, 2.45) is 0 Å². The fraction of sp³-hybridized carbons (Fsp3) is 0.0714. The van der Waals surface area contributed by atoms with Gasteiger partial charge < -0.3 is 4.74 Å². The van der Waals surface area contributed by atoms with Crippen LogP contribution in [0, 0.1) is 0 Å². The maximum atomic E-state index is 11.8. The van der Waals surface area contributed by atoms with E-state index in [9.17, 15) is 14.4 Å². The van der Waals surface area contributed by atoms with Gasteiger partial charge in [-0.15, -0.1) is 11.3 Å². The maximum Gasteiger partial charge on any atom is 0.348 e. The van der Waals surface area contributed by atoms with Gasteiger partial charge in [0.15, 0.2) is 6.61 Å². The average Bonchev–Trinajstić information content (AvgIpc) is 2.90. The van der Waals surface area contributed by atoms with E-state index in [1.165, 1.54) is 11.3 Å². The molecule has 0 atom stereocenters. The van der Waals surface area contributed by atoms with Crippen LogP contribution in [0.25, 0.3) is 0 Å². The molecule has 120 valence electrons. The Bertz CT molecular complexity index is 714. The standard InChI is InChI=1S/C14H10Br2N2O4S/c15-9-6-10(23-12(9)16)14(21)22-7-11(19)17-18-13(20)8-4-2-1-3-5-8/h1-6H,7H2,(H,17,19)(H,18,20). The van der Waals surface area contributed by atoms with Crippen LogP contribution >= 0.6 is 43.2 Å². The van der Waals surface area contributed by atoms with E-state index < -0.39 is 24.4 Å². The van der Waals surface area contributed by atoms with Gasteiger partial charge in [-0.1, -0.05) is 18.2 Å². The minimum atomic E-state index is -0.641. The monoisotopic (exact) mass is 460 g/mol. The van der Waals surface area contributed by atoms with Gasteiger partial charge in [0.1, 0.15) is 4.88 Å². The number of halogens is 2. The highest BCUT2D eigenvalue weighted by Gasteiger charge is 2.15. The van der Waals surface area contributed by atoms with Gasteiger partial charge in [0, 0.05) is 10.0 Å². The lowest BCUT2D eigenvalue weighted by Crippen LogP contribution is -2.43. The lowest BCUT2D eigenvalue weighted by molar-refractivity contribution is -0.125. The molecule has 0 saturated carbocycles. The van der Waals surface area contributed by atoms with Crippen LogP contribution in [0.2, 0.25) is 0 Å². The summed E-state index contributed by atoms with van der Waals surface area (Å²) in [6, 6.07) is 9.98. The Hall–Kier alpha value is -1.71. The molecule has 2 N–H and O–H groups in total. The first-order valence-corrected chi connectivity index (χ1v) is 8.64. The molecule has 0 aliphatic rings. The average molecular weight is 462 g/mol. The van der Waals surface area contributed by atoms with Crippen molar-refractivity contribution in [3.05, 3.63) is 55.1 Å². The fourth-order valence-electron chi connectivity index (χ4n) is 1.47. The molecule has 0 radical (unpaired) electrons. The maximum absolute atomic E-state index is 11.8. The molecular weight excluding hydrogens is 452 g/mol. The SMILES string of the molecule is O=C(COC(=O)c1cc(Br)c(Br)s1)NNC(=O)c1ccccc1. The molecule has 0 fully saturated rings. The number of hydrogen-bond donors (Lipinski definition) is 2. The first kappa shape index (κ1) is 17.6. The summed E-state index contributed by atoms with van der Waals surface area (Å²) in [5.41, 5.74) is 4.81. The highest BCUT2D eigenvalue weighted by atomic mass is 79.9. The van der Waals surface area contributed by atoms with Crippen LogP contribution in [-0.2, 0) is 9.53 Å². The van der Waals surface area contributed by atoms with Crippen molar-refractivity contribution in [3.8, 4) is 0 Å². The lowest BCUT2D eigenvalue weighted by atomic mass is 10.2. The molecule has 1 heterocycles. The normalized spacial score (nSPS) is 10.0. The number of hydrazine groups is 1. The third-order valence-corrected chi connectivity index (χ3v) is 5.77. The zero-order chi connectivity index (χ0) is 16.8. The van der Waals surface area contributed by atoms with E-state index >= 15 is 0 Å². The Labute approximate surface area is 152 Å². The summed E-state index contributed by atoms with van der Waals surface area (Å²) in [4.78, 5) is 35.4. The highest BCUT2D eigenvalue weighted by Crippen LogP contribution is 2.32. The van der Waals surface area contributed by atoms with Gasteiger partial charge in [-0.25, -0.2) is 4.79 Å². The molecule has 0 aliphatic heterocycles. The van der Waals surface area contributed by atoms with Crippen molar-refractivity contribution in [2.75, 3.05) is 6.61 Å². The largest absolute Gasteiger partial charge is 0.451 e. The number of thiophene rings is 1. The zero-order valence-corrected chi connectivity index (χ0v) is 15.5. The Morgan fingerprint density at radius 2 is 1.78 bits per heavy atom. The molecule has 2 amide bonds. The van der Waals surface area contributed by atoms with Crippen molar-refractivity contribution < 1.29 is 19.1 Å². The van der Waals surface area contributed by atoms with E-state index in [-0.39, 0.29) is 0 Å². The molecule has 0 unspecified atom stereocenters. The summed E-state index contributed by atoms with van der Waals surface area (Å²) in [7, 11) is 0. The van der Waals surface area contributed by atoms with Crippen molar-refractivity contribution in [2.45, 2.75) is 0 Å². The number of carbonyl (C=O) groups excluding carboxylic acids is 3. The zero-order valence-electron chi connectivity index (χ0n) is 11.5. The van der Waals surface area contributed by atoms with Crippen molar-refractivity contribution >= 4 is 61.0 Å². The summed E-state index contributed by atoms with van der Waals surface area (Å²) >= 11 is 7.70. The molecular formula is C14H10Br2N2O4S. The summed E-state index contributed by atoms with van der Waals surface area (Å²) in [6.45, 7) is -0.499. The molecule has 2 rings (SSSR count). The van der Waals surface area contributed by atoms with Gasteiger partial charge in [-0.05, 0) is 50.1 Å². The van der Waals surface area contributed by atoms with Gasteiger partial charge >= 0.3 is 5.97 Å². The van der Waals surface area contributed by atoms with Crippen molar-refractivity contribution in [3.63, 3.8) is 0 Å². The quantitative estimate of drug-likeness (QED) is 0.541. The predicted octanol–water partition coefficient (Wildman–Crippen LogP) is 2.89. The summed E-state index contributed by atoms with van der Waals surface area (Å²) in [6.07, 6.45) is 0. The first-order valence-electron chi connectivity index (χ1n) is 6.23.